The molecule has 0 unspecified atom stereocenters. The van der Waals surface area contributed by atoms with E-state index in [-0.39, 0.29) is 30.9 Å². The third-order valence-corrected chi connectivity index (χ3v) is 2.60. The zero-order valence-electron chi connectivity index (χ0n) is 11.4. The van der Waals surface area contributed by atoms with Gasteiger partial charge in [-0.2, -0.15) is 0 Å². The van der Waals surface area contributed by atoms with Crippen LogP contribution in [0.15, 0.2) is 18.2 Å². The van der Waals surface area contributed by atoms with Crippen LogP contribution in [0.2, 0.25) is 0 Å². The van der Waals surface area contributed by atoms with Crippen LogP contribution in [-0.2, 0) is 14.3 Å². The highest BCUT2D eigenvalue weighted by atomic mass is 16.5. The summed E-state index contributed by atoms with van der Waals surface area (Å²) in [5.41, 5.74) is 1.25. The number of hydrogen-bond acceptors (Lipinski definition) is 4. The predicted molar refractivity (Wildman–Crippen MR) is 72.6 cm³/mol. The molecule has 20 heavy (non-hydrogen) atoms. The molecule has 0 radical (unpaired) electrons. The minimum atomic E-state index is -1.01. The second-order valence-electron chi connectivity index (χ2n) is 4.19. The zero-order chi connectivity index (χ0) is 15.1. The Morgan fingerprint density at radius 1 is 1.25 bits per heavy atom. The molecule has 0 heterocycles. The molecule has 2 N–H and O–H groups in total. The van der Waals surface area contributed by atoms with E-state index < -0.39 is 11.9 Å². The standard InChI is InChI=1S/C14H17NO5/c1-3-20-13(17)7-6-12(16)15-10-4-5-11(14(18)19)9(2)8-10/h4-5,8H,3,6-7H2,1-2H3,(H,15,16)(H,18,19). The van der Waals surface area contributed by atoms with E-state index in [9.17, 15) is 14.4 Å². The fraction of sp³-hybridized carbons (Fsp3) is 0.357. The van der Waals surface area contributed by atoms with Gasteiger partial charge in [0, 0.05) is 12.1 Å². The second-order valence-corrected chi connectivity index (χ2v) is 4.19. The van der Waals surface area contributed by atoms with Crippen molar-refractivity contribution < 1.29 is 24.2 Å². The summed E-state index contributed by atoms with van der Waals surface area (Å²) in [6.07, 6.45) is 0.0461. The van der Waals surface area contributed by atoms with Gasteiger partial charge >= 0.3 is 11.9 Å². The maximum Gasteiger partial charge on any atom is 0.335 e. The molecule has 0 aromatic heterocycles. The molecule has 0 aliphatic rings. The first-order valence-corrected chi connectivity index (χ1v) is 6.23. The van der Waals surface area contributed by atoms with Gasteiger partial charge in [-0.05, 0) is 37.6 Å². The van der Waals surface area contributed by atoms with Gasteiger partial charge in [-0.3, -0.25) is 9.59 Å². The Hall–Kier alpha value is -2.37. The van der Waals surface area contributed by atoms with Crippen LogP contribution in [0.4, 0.5) is 5.69 Å². The molecule has 6 nitrogen and oxygen atoms in total. The smallest absolute Gasteiger partial charge is 0.335 e. The average molecular weight is 279 g/mol. The number of rotatable bonds is 6. The molecule has 1 rings (SSSR count). The molecule has 0 saturated carbocycles. The highest BCUT2D eigenvalue weighted by molar-refractivity contribution is 5.94. The van der Waals surface area contributed by atoms with Crippen LogP contribution in [0.3, 0.4) is 0 Å². The Morgan fingerprint density at radius 2 is 1.95 bits per heavy atom. The van der Waals surface area contributed by atoms with Gasteiger partial charge in [0.1, 0.15) is 0 Å². The molecule has 0 aliphatic heterocycles. The van der Waals surface area contributed by atoms with Crippen LogP contribution >= 0.6 is 0 Å². The molecule has 0 bridgehead atoms. The molecular formula is C14H17NO5. The number of carbonyl (C=O) groups is 3. The predicted octanol–water partition coefficient (Wildman–Crippen LogP) is 1.98. The van der Waals surface area contributed by atoms with Gasteiger partial charge in [0.25, 0.3) is 0 Å². The topological polar surface area (TPSA) is 92.7 Å². The van der Waals surface area contributed by atoms with Crippen LogP contribution in [0, 0.1) is 6.92 Å². The molecular weight excluding hydrogens is 262 g/mol. The largest absolute Gasteiger partial charge is 0.478 e. The van der Waals surface area contributed by atoms with Gasteiger partial charge < -0.3 is 15.2 Å². The molecule has 1 aromatic carbocycles. The summed E-state index contributed by atoms with van der Waals surface area (Å²) in [7, 11) is 0. The first kappa shape index (κ1) is 15.7. The summed E-state index contributed by atoms with van der Waals surface area (Å²) in [6.45, 7) is 3.64. The highest BCUT2D eigenvalue weighted by Crippen LogP contribution is 2.15. The van der Waals surface area contributed by atoms with Crippen molar-refractivity contribution in [2.45, 2.75) is 26.7 Å². The van der Waals surface area contributed by atoms with Crippen LogP contribution < -0.4 is 5.32 Å². The van der Waals surface area contributed by atoms with Crippen LogP contribution in [-0.4, -0.2) is 29.6 Å². The SMILES string of the molecule is CCOC(=O)CCC(=O)Nc1ccc(C(=O)O)c(C)c1. The third-order valence-electron chi connectivity index (χ3n) is 2.60. The molecule has 0 spiro atoms. The maximum absolute atomic E-state index is 11.6. The molecule has 6 heteroatoms. The van der Waals surface area contributed by atoms with E-state index in [0.29, 0.717) is 11.3 Å². The Kier molecular flexibility index (Phi) is 5.71. The summed E-state index contributed by atoms with van der Waals surface area (Å²) in [5.74, 6) is -1.75. The number of ether oxygens (including phenoxy) is 1. The Morgan fingerprint density at radius 3 is 2.50 bits per heavy atom. The van der Waals surface area contributed by atoms with Gasteiger partial charge in [-0.25, -0.2) is 4.79 Å². The number of carboxylic acid groups (broad SMARTS) is 1. The van der Waals surface area contributed by atoms with Gasteiger partial charge in [0.2, 0.25) is 5.91 Å². The summed E-state index contributed by atoms with van der Waals surface area (Å²) in [5, 5.41) is 11.5. The highest BCUT2D eigenvalue weighted by Gasteiger charge is 2.10. The average Bonchev–Trinajstić information content (AvgIpc) is 2.36. The second kappa shape index (κ2) is 7.28. The lowest BCUT2D eigenvalue weighted by Crippen LogP contribution is -2.15. The first-order chi connectivity index (χ1) is 9.43. The van der Waals surface area contributed by atoms with Crippen molar-refractivity contribution >= 4 is 23.5 Å². The maximum atomic E-state index is 11.6. The number of aryl methyl sites for hydroxylation is 1. The van der Waals surface area contributed by atoms with Gasteiger partial charge in [0.05, 0.1) is 18.6 Å². The van der Waals surface area contributed by atoms with Crippen LogP contribution in [0.25, 0.3) is 0 Å². The molecule has 108 valence electrons. The Labute approximate surface area is 116 Å². The number of carboxylic acids is 1. The monoisotopic (exact) mass is 279 g/mol. The minimum absolute atomic E-state index is 0.0197. The quantitative estimate of drug-likeness (QED) is 0.777. The van der Waals surface area contributed by atoms with Crippen LogP contribution in [0.1, 0.15) is 35.7 Å². The third kappa shape index (κ3) is 4.72. The van der Waals surface area contributed by atoms with E-state index in [1.807, 2.05) is 0 Å². The summed E-state index contributed by atoms with van der Waals surface area (Å²) >= 11 is 0. The van der Waals surface area contributed by atoms with Gasteiger partial charge in [-0.1, -0.05) is 0 Å². The summed E-state index contributed by atoms with van der Waals surface area (Å²) in [4.78, 5) is 33.6. The number of hydrogen-bond donors (Lipinski definition) is 2. The molecule has 0 fully saturated rings. The van der Waals surface area contributed by atoms with E-state index >= 15 is 0 Å². The fourth-order valence-electron chi connectivity index (χ4n) is 1.65. The van der Waals surface area contributed by atoms with E-state index in [4.69, 9.17) is 9.84 Å². The lowest BCUT2D eigenvalue weighted by molar-refractivity contribution is -0.144. The molecule has 0 aliphatic carbocycles. The number of carbonyl (C=O) groups excluding carboxylic acids is 2. The molecule has 1 aromatic rings. The Bertz CT molecular complexity index is 524. The number of benzene rings is 1. The zero-order valence-corrected chi connectivity index (χ0v) is 11.4. The van der Waals surface area contributed by atoms with Crippen molar-refractivity contribution in [3.8, 4) is 0 Å². The van der Waals surface area contributed by atoms with E-state index in [2.05, 4.69) is 5.32 Å². The number of nitrogens with one attached hydrogen (secondary N) is 1. The van der Waals surface area contributed by atoms with E-state index in [1.54, 1.807) is 19.9 Å². The molecule has 1 amide bonds. The number of amides is 1. The van der Waals surface area contributed by atoms with Gasteiger partial charge in [-0.15, -0.1) is 0 Å². The minimum Gasteiger partial charge on any atom is -0.478 e. The lowest BCUT2D eigenvalue weighted by Gasteiger charge is -2.07. The van der Waals surface area contributed by atoms with Crippen molar-refractivity contribution in [3.05, 3.63) is 29.3 Å². The number of aromatic carboxylic acids is 1. The van der Waals surface area contributed by atoms with Crippen LogP contribution in [0.5, 0.6) is 0 Å². The first-order valence-electron chi connectivity index (χ1n) is 6.23. The van der Waals surface area contributed by atoms with Crippen molar-refractivity contribution in [1.29, 1.82) is 0 Å². The van der Waals surface area contributed by atoms with Crippen molar-refractivity contribution in [1.82, 2.24) is 0 Å². The van der Waals surface area contributed by atoms with E-state index in [1.165, 1.54) is 12.1 Å². The van der Waals surface area contributed by atoms with Crippen molar-refractivity contribution in [2.75, 3.05) is 11.9 Å². The van der Waals surface area contributed by atoms with Crippen molar-refractivity contribution in [3.63, 3.8) is 0 Å². The fourth-order valence-corrected chi connectivity index (χ4v) is 1.65. The lowest BCUT2D eigenvalue weighted by atomic mass is 10.1. The number of anilines is 1. The summed E-state index contributed by atoms with van der Waals surface area (Å²) in [6, 6.07) is 4.52. The molecule has 0 saturated heterocycles. The van der Waals surface area contributed by atoms with E-state index in [0.717, 1.165) is 0 Å². The number of esters is 1. The normalized spacial score (nSPS) is 9.90. The molecule has 0 atom stereocenters. The summed E-state index contributed by atoms with van der Waals surface area (Å²) < 4.78 is 4.72. The van der Waals surface area contributed by atoms with Gasteiger partial charge in [0.15, 0.2) is 0 Å². The van der Waals surface area contributed by atoms with Crippen molar-refractivity contribution in [2.24, 2.45) is 0 Å². The Balaban J connectivity index is 2.56.